The maximum atomic E-state index is 11.5. The topological polar surface area (TPSA) is 17.1 Å². The number of carbonyl (C=O) groups excluding carboxylic acids is 1. The molecule has 1 aromatic carbocycles. The molecule has 78 valence electrons. The molecule has 0 aliphatic heterocycles. The average molecular weight is 221 g/mol. The summed E-state index contributed by atoms with van der Waals surface area (Å²) >= 11 is 5.60. The van der Waals surface area contributed by atoms with E-state index in [1.54, 1.807) is 0 Å². The zero-order valence-electron chi connectivity index (χ0n) is 8.50. The van der Waals surface area contributed by atoms with E-state index in [2.05, 4.69) is 18.2 Å². The van der Waals surface area contributed by atoms with Crippen LogP contribution >= 0.6 is 11.6 Å². The Morgan fingerprint density at radius 3 is 3.00 bits per heavy atom. The van der Waals surface area contributed by atoms with E-state index in [-0.39, 0.29) is 5.78 Å². The van der Waals surface area contributed by atoms with Crippen LogP contribution in [0.15, 0.2) is 24.3 Å². The first-order chi connectivity index (χ1) is 7.33. The normalized spacial score (nSPS) is 14.9. The molecule has 1 nitrogen and oxygen atoms in total. The number of carbonyl (C=O) groups is 1. The van der Waals surface area contributed by atoms with Crippen molar-refractivity contribution < 1.29 is 4.79 Å². The largest absolute Gasteiger partial charge is 0.294 e. The van der Waals surface area contributed by atoms with Crippen LogP contribution in [0.2, 0.25) is 0 Å². The molecule has 0 saturated carbocycles. The van der Waals surface area contributed by atoms with E-state index in [0.717, 1.165) is 18.4 Å². The first kappa shape index (κ1) is 10.4. The van der Waals surface area contributed by atoms with Crippen molar-refractivity contribution in [3.8, 4) is 0 Å². The van der Waals surface area contributed by atoms with Gasteiger partial charge in [0.25, 0.3) is 0 Å². The Balaban J connectivity index is 2.30. The lowest BCUT2D eigenvalue weighted by atomic mass is 10.0. The molecule has 0 N–H and O–H groups in total. The molecule has 1 aromatic rings. The highest BCUT2D eigenvalue weighted by atomic mass is 35.5. The first-order valence-corrected chi connectivity index (χ1v) is 5.74. The van der Waals surface area contributed by atoms with Crippen molar-refractivity contribution in [1.29, 1.82) is 0 Å². The molecule has 1 aliphatic rings. The maximum absolute atomic E-state index is 11.5. The summed E-state index contributed by atoms with van der Waals surface area (Å²) in [6, 6.07) is 5.92. The van der Waals surface area contributed by atoms with E-state index < -0.39 is 0 Å². The first-order valence-electron chi connectivity index (χ1n) is 5.20. The Bertz CT molecular complexity index is 407. The van der Waals surface area contributed by atoms with E-state index >= 15 is 0 Å². The van der Waals surface area contributed by atoms with Crippen LogP contribution in [0.3, 0.4) is 0 Å². The molecule has 0 amide bonds. The Hall–Kier alpha value is -1.08. The smallest absolute Gasteiger partial charge is 0.163 e. The maximum Gasteiger partial charge on any atom is 0.163 e. The minimum absolute atomic E-state index is 0.276. The summed E-state index contributed by atoms with van der Waals surface area (Å²) in [6.07, 6.45) is 6.55. The van der Waals surface area contributed by atoms with Gasteiger partial charge in [0.15, 0.2) is 5.78 Å². The molecule has 0 aromatic heterocycles. The lowest BCUT2D eigenvalue weighted by Crippen LogP contribution is -1.91. The monoisotopic (exact) mass is 220 g/mol. The molecular weight excluding hydrogens is 208 g/mol. The van der Waals surface area contributed by atoms with Crippen LogP contribution in [-0.2, 0) is 6.42 Å². The van der Waals surface area contributed by atoms with Crippen LogP contribution in [0, 0.1) is 0 Å². The molecule has 15 heavy (non-hydrogen) atoms. The predicted molar refractivity (Wildman–Crippen MR) is 63.5 cm³/mol. The highest BCUT2D eigenvalue weighted by Gasteiger charge is 2.20. The van der Waals surface area contributed by atoms with Gasteiger partial charge in [-0.15, -0.1) is 11.6 Å². The summed E-state index contributed by atoms with van der Waals surface area (Å²) < 4.78 is 0. The van der Waals surface area contributed by atoms with Crippen molar-refractivity contribution in [2.75, 3.05) is 5.88 Å². The number of rotatable bonds is 3. The van der Waals surface area contributed by atoms with Crippen molar-refractivity contribution in [2.24, 2.45) is 0 Å². The number of Topliss-reactive ketones (excluding diaryl/α,β-unsaturated/α-hetero) is 1. The average Bonchev–Trinajstić information content (AvgIpc) is 2.62. The predicted octanol–water partition coefficient (Wildman–Crippen LogP) is 3.46. The fraction of sp³-hybridized carbons (Fsp3) is 0.308. The zero-order valence-corrected chi connectivity index (χ0v) is 9.26. The number of benzene rings is 1. The number of ketones is 1. The molecule has 2 heteroatoms. The summed E-state index contributed by atoms with van der Waals surface area (Å²) in [5.74, 6) is 0.919. The second-order valence-electron chi connectivity index (χ2n) is 3.68. The molecule has 0 atom stereocenters. The molecule has 2 rings (SSSR count). The molecule has 0 unspecified atom stereocenters. The van der Waals surface area contributed by atoms with Gasteiger partial charge in [0.05, 0.1) is 0 Å². The molecule has 1 aliphatic carbocycles. The summed E-state index contributed by atoms with van der Waals surface area (Å²) in [5.41, 5.74) is 3.28. The quantitative estimate of drug-likeness (QED) is 0.713. The standard InChI is InChI=1S/C13H13ClO/c14-9-2-1-4-10-5-3-6-12-11(10)7-8-13(12)15/h1,3-6H,2,7-9H2. The van der Waals surface area contributed by atoms with Crippen LogP contribution in [0.1, 0.15) is 34.3 Å². The van der Waals surface area contributed by atoms with Crippen molar-refractivity contribution in [3.05, 3.63) is 41.0 Å². The molecule has 0 bridgehead atoms. The Kier molecular flexibility index (Phi) is 3.22. The van der Waals surface area contributed by atoms with Gasteiger partial charge >= 0.3 is 0 Å². The molecule has 0 radical (unpaired) electrons. The second kappa shape index (κ2) is 4.63. The van der Waals surface area contributed by atoms with Crippen molar-refractivity contribution in [1.82, 2.24) is 0 Å². The minimum atomic E-state index is 0.276. The lowest BCUT2D eigenvalue weighted by molar-refractivity contribution is 0.0994. The van der Waals surface area contributed by atoms with Crippen molar-refractivity contribution >= 4 is 23.5 Å². The zero-order chi connectivity index (χ0) is 10.7. The van der Waals surface area contributed by atoms with Crippen LogP contribution in [0.25, 0.3) is 6.08 Å². The van der Waals surface area contributed by atoms with E-state index in [1.165, 1.54) is 11.1 Å². The third-order valence-electron chi connectivity index (χ3n) is 2.69. The minimum Gasteiger partial charge on any atom is -0.294 e. The summed E-state index contributed by atoms with van der Waals surface area (Å²) in [4.78, 5) is 11.5. The highest BCUT2D eigenvalue weighted by molar-refractivity contribution is 6.17. The third-order valence-corrected chi connectivity index (χ3v) is 2.91. The van der Waals surface area contributed by atoms with E-state index in [9.17, 15) is 4.79 Å². The lowest BCUT2D eigenvalue weighted by Gasteiger charge is -2.02. The molecular formula is C13H13ClO. The van der Waals surface area contributed by atoms with Gasteiger partial charge in [-0.25, -0.2) is 0 Å². The number of hydrogen-bond donors (Lipinski definition) is 0. The van der Waals surface area contributed by atoms with Crippen LogP contribution in [-0.4, -0.2) is 11.7 Å². The fourth-order valence-corrected chi connectivity index (χ4v) is 2.07. The number of halogens is 1. The van der Waals surface area contributed by atoms with Gasteiger partial charge in [-0.1, -0.05) is 30.4 Å². The third kappa shape index (κ3) is 2.13. The van der Waals surface area contributed by atoms with Gasteiger partial charge in [0.1, 0.15) is 0 Å². The molecule has 0 heterocycles. The number of allylic oxidation sites excluding steroid dienone is 1. The summed E-state index contributed by atoms with van der Waals surface area (Å²) in [5, 5.41) is 0. The van der Waals surface area contributed by atoms with Gasteiger partial charge in [0, 0.05) is 17.9 Å². The highest BCUT2D eigenvalue weighted by Crippen LogP contribution is 2.26. The van der Waals surface area contributed by atoms with Crippen LogP contribution in [0.4, 0.5) is 0 Å². The Morgan fingerprint density at radius 2 is 2.20 bits per heavy atom. The fourth-order valence-electron chi connectivity index (χ4n) is 1.95. The summed E-state index contributed by atoms with van der Waals surface area (Å²) in [6.45, 7) is 0. The SMILES string of the molecule is O=C1CCc2c(C=CCCCl)cccc21. The van der Waals surface area contributed by atoms with Gasteiger partial charge in [-0.3, -0.25) is 4.79 Å². The number of alkyl halides is 1. The van der Waals surface area contributed by atoms with E-state index in [4.69, 9.17) is 11.6 Å². The van der Waals surface area contributed by atoms with Crippen molar-refractivity contribution in [3.63, 3.8) is 0 Å². The second-order valence-corrected chi connectivity index (χ2v) is 4.05. The molecule has 0 saturated heterocycles. The van der Waals surface area contributed by atoms with Gasteiger partial charge in [-0.2, -0.15) is 0 Å². The van der Waals surface area contributed by atoms with E-state index in [0.29, 0.717) is 12.3 Å². The van der Waals surface area contributed by atoms with Crippen LogP contribution < -0.4 is 0 Å². The van der Waals surface area contributed by atoms with Gasteiger partial charge in [-0.05, 0) is 24.0 Å². The number of hydrogen-bond acceptors (Lipinski definition) is 1. The molecule has 0 fully saturated rings. The van der Waals surface area contributed by atoms with Gasteiger partial charge in [0.2, 0.25) is 0 Å². The van der Waals surface area contributed by atoms with Gasteiger partial charge < -0.3 is 0 Å². The summed E-state index contributed by atoms with van der Waals surface area (Å²) in [7, 11) is 0. The van der Waals surface area contributed by atoms with Crippen molar-refractivity contribution in [2.45, 2.75) is 19.3 Å². The molecule has 0 spiro atoms. The Labute approximate surface area is 94.8 Å². The number of fused-ring (bicyclic) bond motifs is 1. The van der Waals surface area contributed by atoms with Crippen LogP contribution in [0.5, 0.6) is 0 Å². The Morgan fingerprint density at radius 1 is 1.33 bits per heavy atom. The van der Waals surface area contributed by atoms with E-state index in [1.807, 2.05) is 12.1 Å².